The van der Waals surface area contributed by atoms with Crippen molar-refractivity contribution in [3.8, 4) is 0 Å². The van der Waals surface area contributed by atoms with Crippen LogP contribution in [0.4, 0.5) is 10.2 Å². The molecule has 24 heavy (non-hydrogen) atoms. The summed E-state index contributed by atoms with van der Waals surface area (Å²) in [5, 5.41) is 8.45. The number of ketones is 1. The van der Waals surface area contributed by atoms with Crippen molar-refractivity contribution in [2.45, 2.75) is 19.8 Å². The van der Waals surface area contributed by atoms with E-state index in [-0.39, 0.29) is 31.0 Å². The minimum Gasteiger partial charge on any atom is -0.360 e. The zero-order valence-corrected chi connectivity index (χ0v) is 13.0. The van der Waals surface area contributed by atoms with E-state index < -0.39 is 17.6 Å². The summed E-state index contributed by atoms with van der Waals surface area (Å²) < 4.78 is 17.6. The van der Waals surface area contributed by atoms with Gasteiger partial charge < -0.3 is 15.2 Å². The van der Waals surface area contributed by atoms with Crippen molar-refractivity contribution >= 4 is 23.4 Å². The number of anilines is 1. The molecule has 0 atom stereocenters. The molecule has 2 amide bonds. The number of amides is 2. The topological polar surface area (TPSA) is 101 Å². The molecule has 0 saturated heterocycles. The Kier molecular flexibility index (Phi) is 5.78. The van der Waals surface area contributed by atoms with Crippen molar-refractivity contribution in [2.75, 3.05) is 11.9 Å². The van der Waals surface area contributed by atoms with E-state index in [2.05, 4.69) is 15.8 Å². The molecule has 126 valence electrons. The molecule has 2 aromatic rings. The van der Waals surface area contributed by atoms with Gasteiger partial charge in [0.05, 0.1) is 6.54 Å². The lowest BCUT2D eigenvalue weighted by atomic mass is 10.1. The molecular formula is C16H16FN3O4. The Hall–Kier alpha value is -3.03. The molecule has 1 heterocycles. The SMILES string of the molecule is Cc1cc(NC(=O)CNC(=O)CCC(=O)c2ccc(F)cc2)no1. The summed E-state index contributed by atoms with van der Waals surface area (Å²) in [7, 11) is 0. The van der Waals surface area contributed by atoms with Crippen LogP contribution in [0.1, 0.15) is 29.0 Å². The number of nitrogens with one attached hydrogen (secondary N) is 2. The smallest absolute Gasteiger partial charge is 0.245 e. The normalized spacial score (nSPS) is 10.2. The lowest BCUT2D eigenvalue weighted by Crippen LogP contribution is -2.33. The summed E-state index contributed by atoms with van der Waals surface area (Å²) in [4.78, 5) is 35.1. The molecule has 0 aliphatic heterocycles. The van der Waals surface area contributed by atoms with E-state index in [0.717, 1.165) is 0 Å². The van der Waals surface area contributed by atoms with E-state index in [1.54, 1.807) is 13.0 Å². The number of Topliss-reactive ketones (excluding diaryl/α,β-unsaturated/α-hetero) is 1. The van der Waals surface area contributed by atoms with E-state index in [1.807, 2.05) is 0 Å². The number of aromatic nitrogens is 1. The van der Waals surface area contributed by atoms with Gasteiger partial charge in [0.25, 0.3) is 0 Å². The summed E-state index contributed by atoms with van der Waals surface area (Å²) in [5.41, 5.74) is 0.336. The fourth-order valence-corrected chi connectivity index (χ4v) is 1.89. The van der Waals surface area contributed by atoms with Gasteiger partial charge in [0.2, 0.25) is 11.8 Å². The van der Waals surface area contributed by atoms with E-state index in [1.165, 1.54) is 24.3 Å². The zero-order chi connectivity index (χ0) is 17.5. The average molecular weight is 333 g/mol. The zero-order valence-electron chi connectivity index (χ0n) is 13.0. The number of carbonyl (C=O) groups excluding carboxylic acids is 3. The second kappa shape index (κ2) is 8.00. The molecule has 7 nitrogen and oxygen atoms in total. The van der Waals surface area contributed by atoms with E-state index >= 15 is 0 Å². The van der Waals surface area contributed by atoms with Crippen molar-refractivity contribution in [2.24, 2.45) is 0 Å². The van der Waals surface area contributed by atoms with E-state index in [9.17, 15) is 18.8 Å². The lowest BCUT2D eigenvalue weighted by Gasteiger charge is -2.05. The van der Waals surface area contributed by atoms with Gasteiger partial charge in [-0.2, -0.15) is 0 Å². The van der Waals surface area contributed by atoms with Crippen LogP contribution in [0.5, 0.6) is 0 Å². The number of carbonyl (C=O) groups is 3. The fourth-order valence-electron chi connectivity index (χ4n) is 1.89. The van der Waals surface area contributed by atoms with Crippen LogP contribution in [0.3, 0.4) is 0 Å². The maximum Gasteiger partial charge on any atom is 0.245 e. The van der Waals surface area contributed by atoms with Crippen LogP contribution in [0, 0.1) is 12.7 Å². The van der Waals surface area contributed by atoms with Gasteiger partial charge in [0, 0.05) is 24.5 Å². The Labute approximate surface area is 137 Å². The lowest BCUT2D eigenvalue weighted by molar-refractivity contribution is -0.124. The molecule has 0 saturated carbocycles. The molecule has 0 aliphatic rings. The molecule has 0 bridgehead atoms. The maximum atomic E-state index is 12.8. The van der Waals surface area contributed by atoms with Gasteiger partial charge >= 0.3 is 0 Å². The fraction of sp³-hybridized carbons (Fsp3) is 0.250. The monoisotopic (exact) mass is 333 g/mol. The summed E-state index contributed by atoms with van der Waals surface area (Å²) in [6.07, 6.45) is -0.0892. The minimum absolute atomic E-state index is 0.0262. The predicted octanol–water partition coefficient (Wildman–Crippen LogP) is 1.84. The molecule has 0 spiro atoms. The second-order valence-corrected chi connectivity index (χ2v) is 5.08. The molecule has 1 aromatic carbocycles. The summed E-state index contributed by atoms with van der Waals surface area (Å²) in [6.45, 7) is 1.44. The van der Waals surface area contributed by atoms with Crippen molar-refractivity contribution < 1.29 is 23.3 Å². The molecule has 0 unspecified atom stereocenters. The number of hydrogen-bond donors (Lipinski definition) is 2. The van der Waals surface area contributed by atoms with Gasteiger partial charge in [-0.25, -0.2) is 4.39 Å². The standard InChI is InChI=1S/C16H16FN3O4/c1-10-8-14(20-24-10)19-16(23)9-18-15(22)7-6-13(21)11-2-4-12(17)5-3-11/h2-5,8H,6-7,9H2,1H3,(H,18,22)(H,19,20,23). The van der Waals surface area contributed by atoms with Crippen LogP contribution in [-0.2, 0) is 9.59 Å². The molecular weight excluding hydrogens is 317 g/mol. The quantitative estimate of drug-likeness (QED) is 0.753. The highest BCUT2D eigenvalue weighted by Gasteiger charge is 2.11. The van der Waals surface area contributed by atoms with Gasteiger partial charge in [-0.15, -0.1) is 0 Å². The van der Waals surface area contributed by atoms with Crippen LogP contribution < -0.4 is 10.6 Å². The van der Waals surface area contributed by atoms with Crippen molar-refractivity contribution in [3.63, 3.8) is 0 Å². The number of benzene rings is 1. The minimum atomic E-state index is -0.457. The molecule has 2 N–H and O–H groups in total. The van der Waals surface area contributed by atoms with Gasteiger partial charge in [-0.1, -0.05) is 5.16 Å². The molecule has 8 heteroatoms. The van der Waals surface area contributed by atoms with Crippen molar-refractivity contribution in [1.29, 1.82) is 0 Å². The Morgan fingerprint density at radius 3 is 2.46 bits per heavy atom. The van der Waals surface area contributed by atoms with Gasteiger partial charge in [0.1, 0.15) is 11.6 Å². The third-order valence-electron chi connectivity index (χ3n) is 3.09. The second-order valence-electron chi connectivity index (χ2n) is 5.08. The number of halogens is 1. The summed E-state index contributed by atoms with van der Waals surface area (Å²) in [6, 6.07) is 6.64. The van der Waals surface area contributed by atoms with Gasteiger partial charge in [-0.05, 0) is 31.2 Å². The van der Waals surface area contributed by atoms with Crippen LogP contribution >= 0.6 is 0 Å². The first-order chi connectivity index (χ1) is 11.4. The Bertz CT molecular complexity index is 740. The molecule has 0 fully saturated rings. The number of nitrogens with zero attached hydrogens (tertiary/aromatic N) is 1. The predicted molar refractivity (Wildman–Crippen MR) is 82.8 cm³/mol. The third-order valence-corrected chi connectivity index (χ3v) is 3.09. The summed E-state index contributed by atoms with van der Waals surface area (Å²) in [5.74, 6) is -0.782. The van der Waals surface area contributed by atoms with Crippen LogP contribution in [0.2, 0.25) is 0 Å². The average Bonchev–Trinajstić information content (AvgIpc) is 2.96. The first-order valence-electron chi connectivity index (χ1n) is 7.22. The Morgan fingerprint density at radius 1 is 1.12 bits per heavy atom. The third kappa shape index (κ3) is 5.31. The number of aryl methyl sites for hydroxylation is 1. The molecule has 1 aromatic heterocycles. The van der Waals surface area contributed by atoms with Gasteiger partial charge in [0.15, 0.2) is 11.6 Å². The van der Waals surface area contributed by atoms with Crippen LogP contribution in [0.25, 0.3) is 0 Å². The first-order valence-corrected chi connectivity index (χ1v) is 7.22. The number of rotatable bonds is 7. The number of hydrogen-bond acceptors (Lipinski definition) is 5. The first kappa shape index (κ1) is 17.3. The van der Waals surface area contributed by atoms with Crippen LogP contribution in [-0.4, -0.2) is 29.3 Å². The molecule has 0 radical (unpaired) electrons. The highest BCUT2D eigenvalue weighted by molar-refractivity contribution is 5.98. The molecule has 2 rings (SSSR count). The van der Waals surface area contributed by atoms with E-state index in [4.69, 9.17) is 4.52 Å². The maximum absolute atomic E-state index is 12.8. The summed E-state index contributed by atoms with van der Waals surface area (Å²) >= 11 is 0. The largest absolute Gasteiger partial charge is 0.360 e. The van der Waals surface area contributed by atoms with Crippen LogP contribution in [0.15, 0.2) is 34.9 Å². The highest BCUT2D eigenvalue weighted by Crippen LogP contribution is 2.08. The molecule has 0 aliphatic carbocycles. The van der Waals surface area contributed by atoms with Crippen molar-refractivity contribution in [3.05, 3.63) is 47.5 Å². The Morgan fingerprint density at radius 2 is 1.83 bits per heavy atom. The van der Waals surface area contributed by atoms with E-state index in [0.29, 0.717) is 11.3 Å². The van der Waals surface area contributed by atoms with Crippen molar-refractivity contribution in [1.82, 2.24) is 10.5 Å². The Balaban J connectivity index is 1.70. The highest BCUT2D eigenvalue weighted by atomic mass is 19.1. The van der Waals surface area contributed by atoms with Gasteiger partial charge in [-0.3, -0.25) is 14.4 Å².